The lowest BCUT2D eigenvalue weighted by Crippen LogP contribution is -2.55. The highest BCUT2D eigenvalue weighted by molar-refractivity contribution is 9.11. The molecule has 1 aromatic carbocycles. The van der Waals surface area contributed by atoms with Crippen LogP contribution in [0, 0.1) is 0 Å². The molecule has 1 aliphatic carbocycles. The van der Waals surface area contributed by atoms with Gasteiger partial charge in [-0.2, -0.15) is 0 Å². The zero-order chi connectivity index (χ0) is 14.8. The molecule has 1 aliphatic rings. The third-order valence-corrected chi connectivity index (χ3v) is 4.79. The van der Waals surface area contributed by atoms with Gasteiger partial charge in [-0.25, -0.2) is 4.79 Å². The Morgan fingerprint density at radius 3 is 2.35 bits per heavy atom. The quantitative estimate of drug-likeness (QED) is 0.806. The van der Waals surface area contributed by atoms with E-state index in [-0.39, 0.29) is 5.91 Å². The molecule has 1 saturated carbocycles. The van der Waals surface area contributed by atoms with Gasteiger partial charge in [0, 0.05) is 8.95 Å². The molecule has 0 aliphatic heterocycles. The zero-order valence-electron chi connectivity index (χ0n) is 10.8. The highest BCUT2D eigenvalue weighted by atomic mass is 79.9. The second-order valence-corrected chi connectivity index (χ2v) is 6.80. The van der Waals surface area contributed by atoms with Gasteiger partial charge >= 0.3 is 5.97 Å². The standard InChI is InChI=1S/C14H15Br2NO3/c15-9-4-5-10(11(16)8-9)12(18)17-14(13(19)20)6-2-1-3-7-14/h4-5,8H,1-3,6-7H2,(H,17,18)(H,19,20). The minimum Gasteiger partial charge on any atom is -0.480 e. The first-order valence-corrected chi connectivity index (χ1v) is 8.04. The van der Waals surface area contributed by atoms with Crippen molar-refractivity contribution in [1.29, 1.82) is 0 Å². The van der Waals surface area contributed by atoms with Crippen LogP contribution in [0.4, 0.5) is 0 Å². The van der Waals surface area contributed by atoms with Crippen LogP contribution in [0.15, 0.2) is 27.1 Å². The molecule has 0 atom stereocenters. The Bertz CT molecular complexity index is 539. The van der Waals surface area contributed by atoms with Gasteiger partial charge in [-0.15, -0.1) is 0 Å². The SMILES string of the molecule is O=C(NC1(C(=O)O)CCCCC1)c1ccc(Br)cc1Br. The lowest BCUT2D eigenvalue weighted by molar-refractivity contribution is -0.145. The highest BCUT2D eigenvalue weighted by Gasteiger charge is 2.41. The van der Waals surface area contributed by atoms with Crippen LogP contribution in [-0.2, 0) is 4.79 Å². The maximum atomic E-state index is 12.3. The lowest BCUT2D eigenvalue weighted by Gasteiger charge is -2.34. The molecule has 1 aromatic rings. The fraction of sp³-hybridized carbons (Fsp3) is 0.429. The van der Waals surface area contributed by atoms with Crippen molar-refractivity contribution in [3.8, 4) is 0 Å². The summed E-state index contributed by atoms with van der Waals surface area (Å²) in [6.07, 6.45) is 3.65. The van der Waals surface area contributed by atoms with Crippen LogP contribution in [0.1, 0.15) is 42.5 Å². The molecular weight excluding hydrogens is 390 g/mol. The molecule has 0 spiro atoms. The summed E-state index contributed by atoms with van der Waals surface area (Å²) in [5.74, 6) is -1.30. The molecule has 20 heavy (non-hydrogen) atoms. The molecule has 0 radical (unpaired) electrons. The molecule has 2 rings (SSSR count). The second kappa shape index (κ2) is 6.26. The maximum absolute atomic E-state index is 12.3. The van der Waals surface area contributed by atoms with Crippen LogP contribution in [-0.4, -0.2) is 22.5 Å². The van der Waals surface area contributed by atoms with E-state index in [1.54, 1.807) is 18.2 Å². The van der Waals surface area contributed by atoms with Crippen molar-refractivity contribution in [3.05, 3.63) is 32.7 Å². The van der Waals surface area contributed by atoms with Crippen LogP contribution in [0.25, 0.3) is 0 Å². The number of carbonyl (C=O) groups is 2. The van der Waals surface area contributed by atoms with Crippen LogP contribution in [0.3, 0.4) is 0 Å². The molecule has 0 bridgehead atoms. The van der Waals surface area contributed by atoms with E-state index in [0.717, 1.165) is 23.7 Å². The predicted octanol–water partition coefficient (Wildman–Crippen LogP) is 3.73. The van der Waals surface area contributed by atoms with E-state index in [9.17, 15) is 14.7 Å². The van der Waals surface area contributed by atoms with Crippen LogP contribution in [0.2, 0.25) is 0 Å². The number of nitrogens with one attached hydrogen (secondary N) is 1. The molecule has 2 N–H and O–H groups in total. The van der Waals surface area contributed by atoms with Gasteiger partial charge in [-0.3, -0.25) is 4.79 Å². The van der Waals surface area contributed by atoms with Gasteiger partial charge in [0.05, 0.1) is 5.56 Å². The Balaban J connectivity index is 2.22. The van der Waals surface area contributed by atoms with E-state index < -0.39 is 11.5 Å². The minimum atomic E-state index is -1.12. The Kier molecular flexibility index (Phi) is 4.86. The molecule has 4 nitrogen and oxygen atoms in total. The lowest BCUT2D eigenvalue weighted by atomic mass is 9.81. The van der Waals surface area contributed by atoms with Crippen molar-refractivity contribution < 1.29 is 14.7 Å². The first kappa shape index (κ1) is 15.5. The number of benzene rings is 1. The number of rotatable bonds is 3. The summed E-state index contributed by atoms with van der Waals surface area (Å²) in [7, 11) is 0. The Morgan fingerprint density at radius 2 is 1.80 bits per heavy atom. The van der Waals surface area contributed by atoms with Gasteiger partial charge in [0.15, 0.2) is 0 Å². The van der Waals surface area contributed by atoms with E-state index in [1.165, 1.54) is 0 Å². The van der Waals surface area contributed by atoms with E-state index in [0.29, 0.717) is 22.9 Å². The molecular formula is C14H15Br2NO3. The fourth-order valence-electron chi connectivity index (χ4n) is 2.51. The first-order chi connectivity index (χ1) is 9.44. The summed E-state index contributed by atoms with van der Waals surface area (Å²) in [5.41, 5.74) is -0.679. The van der Waals surface area contributed by atoms with Gasteiger partial charge in [0.1, 0.15) is 5.54 Å². The summed E-state index contributed by atoms with van der Waals surface area (Å²) < 4.78 is 1.49. The fourth-order valence-corrected chi connectivity index (χ4v) is 3.73. The number of carbonyl (C=O) groups excluding carboxylic acids is 1. The normalized spacial score (nSPS) is 17.5. The molecule has 0 saturated heterocycles. The predicted molar refractivity (Wildman–Crippen MR) is 82.8 cm³/mol. The molecule has 1 fully saturated rings. The van der Waals surface area contributed by atoms with Crippen molar-refractivity contribution >= 4 is 43.7 Å². The van der Waals surface area contributed by atoms with Gasteiger partial charge in [0.25, 0.3) is 5.91 Å². The van der Waals surface area contributed by atoms with Crippen molar-refractivity contribution in [2.75, 3.05) is 0 Å². The van der Waals surface area contributed by atoms with Crippen molar-refractivity contribution in [2.24, 2.45) is 0 Å². The topological polar surface area (TPSA) is 66.4 Å². The van der Waals surface area contributed by atoms with E-state index in [4.69, 9.17) is 0 Å². The van der Waals surface area contributed by atoms with Gasteiger partial charge in [-0.05, 0) is 47.0 Å². The second-order valence-electron chi connectivity index (χ2n) is 5.03. The molecule has 0 aromatic heterocycles. The number of amides is 1. The Labute approximate surface area is 134 Å². The summed E-state index contributed by atoms with van der Waals surface area (Å²) >= 11 is 6.65. The van der Waals surface area contributed by atoms with E-state index in [2.05, 4.69) is 37.2 Å². The zero-order valence-corrected chi connectivity index (χ0v) is 14.0. The number of hydrogen-bond acceptors (Lipinski definition) is 2. The van der Waals surface area contributed by atoms with Crippen LogP contribution in [0.5, 0.6) is 0 Å². The monoisotopic (exact) mass is 403 g/mol. The smallest absolute Gasteiger partial charge is 0.329 e. The maximum Gasteiger partial charge on any atom is 0.329 e. The van der Waals surface area contributed by atoms with E-state index >= 15 is 0 Å². The average molecular weight is 405 g/mol. The third-order valence-electron chi connectivity index (χ3n) is 3.65. The molecule has 0 unspecified atom stereocenters. The molecule has 1 amide bonds. The van der Waals surface area contributed by atoms with E-state index in [1.807, 2.05) is 0 Å². The van der Waals surface area contributed by atoms with Crippen molar-refractivity contribution in [2.45, 2.75) is 37.6 Å². The number of carboxylic acid groups (broad SMARTS) is 1. The molecule has 6 heteroatoms. The Morgan fingerprint density at radius 1 is 1.15 bits per heavy atom. The average Bonchev–Trinajstić information content (AvgIpc) is 2.39. The van der Waals surface area contributed by atoms with Crippen molar-refractivity contribution in [3.63, 3.8) is 0 Å². The van der Waals surface area contributed by atoms with Gasteiger partial charge in [0.2, 0.25) is 0 Å². The molecule has 0 heterocycles. The summed E-state index contributed by atoms with van der Waals surface area (Å²) in [4.78, 5) is 23.9. The minimum absolute atomic E-state index is 0.353. The van der Waals surface area contributed by atoms with Crippen LogP contribution < -0.4 is 5.32 Å². The molecule has 108 valence electrons. The number of halogens is 2. The number of hydrogen-bond donors (Lipinski definition) is 2. The van der Waals surface area contributed by atoms with Crippen LogP contribution >= 0.6 is 31.9 Å². The summed E-state index contributed by atoms with van der Waals surface area (Å²) in [5, 5.41) is 12.2. The number of carboxylic acids is 1. The number of aliphatic carboxylic acids is 1. The Hall–Kier alpha value is -0.880. The summed E-state index contributed by atoms with van der Waals surface area (Å²) in [6.45, 7) is 0. The largest absolute Gasteiger partial charge is 0.480 e. The van der Waals surface area contributed by atoms with Gasteiger partial charge < -0.3 is 10.4 Å². The third kappa shape index (κ3) is 3.23. The first-order valence-electron chi connectivity index (χ1n) is 6.45. The summed E-state index contributed by atoms with van der Waals surface area (Å²) in [6, 6.07) is 5.19. The highest BCUT2D eigenvalue weighted by Crippen LogP contribution is 2.30. The van der Waals surface area contributed by atoms with Gasteiger partial charge in [-0.1, -0.05) is 35.2 Å². The van der Waals surface area contributed by atoms with Crippen molar-refractivity contribution in [1.82, 2.24) is 5.32 Å².